The Morgan fingerprint density at radius 3 is 2.64 bits per heavy atom. The fourth-order valence-electron chi connectivity index (χ4n) is 4.06. The Balaban J connectivity index is 1.86. The first-order chi connectivity index (χ1) is 13.5. The lowest BCUT2D eigenvalue weighted by molar-refractivity contribution is 0.0509. The number of piperidine rings is 1. The van der Waals surface area contributed by atoms with Crippen LogP contribution in [0.5, 0.6) is 0 Å². The first kappa shape index (κ1) is 21.0. The number of aromatic nitrogens is 1. The quantitative estimate of drug-likeness (QED) is 0.759. The molecule has 0 aliphatic carbocycles. The predicted octanol–water partition coefficient (Wildman–Crippen LogP) is 1.26. The van der Waals surface area contributed by atoms with Gasteiger partial charge in [0.25, 0.3) is 11.5 Å². The SMILES string of the molecule is Cc1ccn(C2CCNCC2)c(=O)c1C(=O)N(CCN(C)C)CC1CCCO1. The molecule has 7 nitrogen and oxygen atoms in total. The Bertz CT molecular complexity index is 719. The summed E-state index contributed by atoms with van der Waals surface area (Å²) in [6.45, 7) is 6.32. The van der Waals surface area contributed by atoms with Crippen molar-refractivity contribution in [3.8, 4) is 0 Å². The summed E-state index contributed by atoms with van der Waals surface area (Å²) in [5.41, 5.74) is 0.916. The van der Waals surface area contributed by atoms with Gasteiger partial charge in [-0.05, 0) is 71.4 Å². The molecule has 0 saturated carbocycles. The average Bonchev–Trinajstić information content (AvgIpc) is 3.19. The van der Waals surface area contributed by atoms with Crippen LogP contribution in [0.3, 0.4) is 0 Å². The monoisotopic (exact) mass is 390 g/mol. The summed E-state index contributed by atoms with van der Waals surface area (Å²) >= 11 is 0. The number of amides is 1. The van der Waals surface area contributed by atoms with E-state index in [0.717, 1.165) is 57.5 Å². The summed E-state index contributed by atoms with van der Waals surface area (Å²) in [5.74, 6) is -0.164. The summed E-state index contributed by atoms with van der Waals surface area (Å²) in [6, 6.07) is 2.07. The van der Waals surface area contributed by atoms with E-state index in [1.54, 1.807) is 4.57 Å². The Morgan fingerprint density at radius 2 is 2.00 bits per heavy atom. The van der Waals surface area contributed by atoms with Crippen molar-refractivity contribution in [2.75, 3.05) is 53.4 Å². The first-order valence-electron chi connectivity index (χ1n) is 10.5. The van der Waals surface area contributed by atoms with Crippen LogP contribution in [0.15, 0.2) is 17.1 Å². The van der Waals surface area contributed by atoms with E-state index in [-0.39, 0.29) is 23.6 Å². The molecule has 2 aliphatic rings. The molecule has 2 saturated heterocycles. The Morgan fingerprint density at radius 1 is 1.25 bits per heavy atom. The molecule has 0 radical (unpaired) electrons. The van der Waals surface area contributed by atoms with Gasteiger partial charge in [0.2, 0.25) is 0 Å². The summed E-state index contributed by atoms with van der Waals surface area (Å²) in [7, 11) is 3.99. The van der Waals surface area contributed by atoms with E-state index < -0.39 is 0 Å². The maximum atomic E-state index is 13.4. The van der Waals surface area contributed by atoms with Crippen LogP contribution < -0.4 is 10.9 Å². The number of nitrogens with zero attached hydrogens (tertiary/aromatic N) is 3. The molecule has 7 heteroatoms. The van der Waals surface area contributed by atoms with Crippen molar-refractivity contribution in [2.45, 2.75) is 44.8 Å². The molecule has 1 N–H and O–H groups in total. The summed E-state index contributed by atoms with van der Waals surface area (Å²) in [4.78, 5) is 30.6. The van der Waals surface area contributed by atoms with Crippen LogP contribution in [-0.4, -0.2) is 79.8 Å². The van der Waals surface area contributed by atoms with Crippen LogP contribution in [0.4, 0.5) is 0 Å². The molecule has 0 aromatic carbocycles. The standard InChI is InChI=1S/C21H34N4O3/c1-16-8-11-25(17-6-9-22-10-7-17)21(27)19(16)20(26)24(13-12-23(2)3)15-18-5-4-14-28-18/h8,11,17-18,22H,4-7,9-10,12-15H2,1-3H3. The normalized spacial score (nSPS) is 20.6. The third kappa shape index (κ3) is 5.01. The zero-order valence-electron chi connectivity index (χ0n) is 17.4. The van der Waals surface area contributed by atoms with Gasteiger partial charge in [-0.3, -0.25) is 9.59 Å². The van der Waals surface area contributed by atoms with E-state index >= 15 is 0 Å². The molecular formula is C21H34N4O3. The van der Waals surface area contributed by atoms with Gasteiger partial charge in [-0.2, -0.15) is 0 Å². The van der Waals surface area contributed by atoms with Crippen LogP contribution in [0.2, 0.25) is 0 Å². The second kappa shape index (κ2) is 9.67. The highest BCUT2D eigenvalue weighted by atomic mass is 16.5. The summed E-state index contributed by atoms with van der Waals surface area (Å²) in [6.07, 6.45) is 5.76. The van der Waals surface area contributed by atoms with Gasteiger partial charge in [0.05, 0.1) is 6.10 Å². The molecular weight excluding hydrogens is 356 g/mol. The van der Waals surface area contributed by atoms with Crippen molar-refractivity contribution < 1.29 is 9.53 Å². The van der Waals surface area contributed by atoms with Crippen LogP contribution in [-0.2, 0) is 4.74 Å². The summed E-state index contributed by atoms with van der Waals surface area (Å²) in [5, 5.41) is 3.33. The molecule has 3 rings (SSSR count). The predicted molar refractivity (Wildman–Crippen MR) is 110 cm³/mol. The zero-order chi connectivity index (χ0) is 20.1. The molecule has 1 aromatic rings. The van der Waals surface area contributed by atoms with Crippen LogP contribution >= 0.6 is 0 Å². The number of ether oxygens (including phenoxy) is 1. The molecule has 28 heavy (non-hydrogen) atoms. The number of carbonyl (C=O) groups is 1. The van der Waals surface area contributed by atoms with Crippen molar-refractivity contribution in [2.24, 2.45) is 0 Å². The molecule has 2 fully saturated rings. The average molecular weight is 391 g/mol. The van der Waals surface area contributed by atoms with Gasteiger partial charge >= 0.3 is 0 Å². The number of pyridine rings is 1. The molecule has 0 spiro atoms. The fraction of sp³-hybridized carbons (Fsp3) is 0.714. The van der Waals surface area contributed by atoms with E-state index in [0.29, 0.717) is 18.7 Å². The smallest absolute Gasteiger partial charge is 0.263 e. The van der Waals surface area contributed by atoms with Gasteiger partial charge in [-0.25, -0.2) is 0 Å². The number of rotatable bonds is 7. The van der Waals surface area contributed by atoms with E-state index in [1.165, 1.54) is 0 Å². The van der Waals surface area contributed by atoms with Crippen molar-refractivity contribution in [3.05, 3.63) is 33.7 Å². The summed E-state index contributed by atoms with van der Waals surface area (Å²) < 4.78 is 7.53. The van der Waals surface area contributed by atoms with Crippen LogP contribution in [0.1, 0.15) is 47.6 Å². The number of aryl methyl sites for hydroxylation is 1. The number of nitrogens with one attached hydrogen (secondary N) is 1. The number of carbonyl (C=O) groups excluding carboxylic acids is 1. The van der Waals surface area contributed by atoms with Crippen LogP contribution in [0, 0.1) is 6.92 Å². The van der Waals surface area contributed by atoms with E-state index in [4.69, 9.17) is 4.74 Å². The van der Waals surface area contributed by atoms with Crippen molar-refractivity contribution in [1.82, 2.24) is 19.7 Å². The Hall–Kier alpha value is -1.70. The lowest BCUT2D eigenvalue weighted by Crippen LogP contribution is -2.44. The second-order valence-electron chi connectivity index (χ2n) is 8.26. The van der Waals surface area contributed by atoms with Gasteiger partial charge in [-0.1, -0.05) is 0 Å². The van der Waals surface area contributed by atoms with Gasteiger partial charge in [-0.15, -0.1) is 0 Å². The molecule has 156 valence electrons. The minimum absolute atomic E-state index is 0.0711. The minimum atomic E-state index is -0.164. The third-order valence-electron chi connectivity index (χ3n) is 5.80. The van der Waals surface area contributed by atoms with Gasteiger partial charge in [0.1, 0.15) is 5.56 Å². The van der Waals surface area contributed by atoms with Crippen molar-refractivity contribution in [1.29, 1.82) is 0 Å². The zero-order valence-corrected chi connectivity index (χ0v) is 17.4. The second-order valence-corrected chi connectivity index (χ2v) is 8.26. The molecule has 1 amide bonds. The van der Waals surface area contributed by atoms with Crippen molar-refractivity contribution >= 4 is 5.91 Å². The van der Waals surface area contributed by atoms with Gasteiger partial charge in [0, 0.05) is 38.5 Å². The van der Waals surface area contributed by atoms with Crippen LogP contribution in [0.25, 0.3) is 0 Å². The largest absolute Gasteiger partial charge is 0.376 e. The van der Waals surface area contributed by atoms with Crippen molar-refractivity contribution in [3.63, 3.8) is 0 Å². The third-order valence-corrected chi connectivity index (χ3v) is 5.80. The maximum absolute atomic E-state index is 13.4. The fourth-order valence-corrected chi connectivity index (χ4v) is 4.06. The number of likely N-dealkylation sites (N-methyl/N-ethyl adjacent to an activating group) is 1. The highest BCUT2D eigenvalue weighted by molar-refractivity contribution is 5.95. The molecule has 1 atom stereocenters. The topological polar surface area (TPSA) is 66.8 Å². The highest BCUT2D eigenvalue weighted by Gasteiger charge is 2.27. The molecule has 1 aromatic heterocycles. The lowest BCUT2D eigenvalue weighted by Gasteiger charge is -2.29. The van der Waals surface area contributed by atoms with E-state index in [2.05, 4.69) is 10.2 Å². The number of hydrogen-bond donors (Lipinski definition) is 1. The van der Waals surface area contributed by atoms with E-state index in [9.17, 15) is 9.59 Å². The maximum Gasteiger partial charge on any atom is 0.263 e. The number of hydrogen-bond acceptors (Lipinski definition) is 5. The molecule has 3 heterocycles. The lowest BCUT2D eigenvalue weighted by atomic mass is 10.0. The Kier molecular flexibility index (Phi) is 7.26. The minimum Gasteiger partial charge on any atom is -0.376 e. The Labute approximate surface area is 167 Å². The van der Waals surface area contributed by atoms with Gasteiger partial charge in [0.15, 0.2) is 0 Å². The van der Waals surface area contributed by atoms with Gasteiger partial charge < -0.3 is 24.4 Å². The highest BCUT2D eigenvalue weighted by Crippen LogP contribution is 2.19. The molecule has 1 unspecified atom stereocenters. The van der Waals surface area contributed by atoms with E-state index in [1.807, 2.05) is 38.2 Å². The first-order valence-corrected chi connectivity index (χ1v) is 10.5. The molecule has 2 aliphatic heterocycles. The molecule has 0 bridgehead atoms.